The fourth-order valence-corrected chi connectivity index (χ4v) is 0.504. The van der Waals surface area contributed by atoms with Gasteiger partial charge in [0.1, 0.15) is 0 Å². The summed E-state index contributed by atoms with van der Waals surface area (Å²) >= 11 is 4.24. The average Bonchev–Trinajstić information content (AvgIpc) is 2.33. The van der Waals surface area contributed by atoms with Crippen molar-refractivity contribution >= 4 is 49.0 Å². The van der Waals surface area contributed by atoms with Crippen LogP contribution in [0.5, 0.6) is 0 Å². The average molecular weight is 367 g/mol. The number of halogens is 2. The van der Waals surface area contributed by atoms with E-state index < -0.39 is 5.91 Å². The Labute approximate surface area is 83.3 Å². The summed E-state index contributed by atoms with van der Waals surface area (Å²) in [6.45, 7) is 0.903. The monoisotopic (exact) mass is 367 g/mol. The van der Waals surface area contributed by atoms with Gasteiger partial charge in [0.15, 0.2) is 0 Å². The van der Waals surface area contributed by atoms with Crippen molar-refractivity contribution < 1.29 is 11.0 Å². The minimum Gasteiger partial charge on any atom is -0.292 e. The lowest BCUT2D eigenvalue weighted by Crippen LogP contribution is -2.19. The summed E-state index contributed by atoms with van der Waals surface area (Å²) in [5.41, 5.74) is 0.236. The first-order valence-electron chi connectivity index (χ1n) is 2.87. The lowest BCUT2D eigenvalue weighted by atomic mass is 10.3. The van der Waals surface area contributed by atoms with Crippen molar-refractivity contribution in [2.24, 2.45) is 0 Å². The number of imide groups is 1. The van der Waals surface area contributed by atoms with E-state index >= 15 is 0 Å². The highest BCUT2D eigenvalue weighted by molar-refractivity contribution is 15.0. The molecule has 0 bridgehead atoms. The van der Waals surface area contributed by atoms with Crippen LogP contribution in [0.1, 0.15) is 7.79 Å². The topological polar surface area (TPSA) is 46.2 Å². The Hall–Kier alpha value is 0.340. The third-order valence-electron chi connectivity index (χ3n) is 0.896. The summed E-state index contributed by atoms with van der Waals surface area (Å²) in [4.78, 5) is 20.9. The molecule has 1 fully saturated rings. The number of carbonyl (C=O) groups excluding carboxylic acids is 2. The molecule has 0 aromatic heterocycles. The van der Waals surface area contributed by atoms with Crippen molar-refractivity contribution in [1.82, 2.24) is 5.32 Å². The minimum absolute atomic E-state index is 0.0579. The van der Waals surface area contributed by atoms with Crippen molar-refractivity contribution in [3.05, 3.63) is 12.1 Å². The fourth-order valence-electron chi connectivity index (χ4n) is 0.504. The molecule has 1 aliphatic heterocycles. The quantitative estimate of drug-likeness (QED) is 0.400. The molecule has 0 aliphatic carbocycles. The Morgan fingerprint density at radius 3 is 2.40 bits per heavy atom. The summed E-state index contributed by atoms with van der Waals surface area (Å²) < 4.78 is 6.65. The zero-order chi connectivity index (χ0) is 8.85. The second-order valence-corrected chi connectivity index (χ2v) is 1.58. The van der Waals surface area contributed by atoms with E-state index in [-0.39, 0.29) is 17.9 Å². The first kappa shape index (κ1) is 8.44. The summed E-state index contributed by atoms with van der Waals surface area (Å²) in [5.74, 6) is -0.756. The van der Waals surface area contributed by atoms with Gasteiger partial charge >= 0.3 is 0 Å². The number of rotatable bonds is 0. The van der Waals surface area contributed by atoms with E-state index in [0.717, 1.165) is 6.55 Å². The van der Waals surface area contributed by atoms with Gasteiger partial charge < -0.3 is 0 Å². The molecule has 0 saturated carbocycles. The van der Waals surface area contributed by atoms with E-state index in [9.17, 15) is 9.59 Å². The van der Waals surface area contributed by atoms with Crippen LogP contribution in [-0.4, -0.2) is 11.8 Å². The van der Waals surface area contributed by atoms with Gasteiger partial charge in [-0.25, -0.2) is 0 Å². The Kier molecular flexibility index (Phi) is 4.26. The Morgan fingerprint density at radius 1 is 1.60 bits per heavy atom. The van der Waals surface area contributed by atoms with Crippen LogP contribution < -0.4 is 5.32 Å². The van der Waals surface area contributed by atoms with Crippen molar-refractivity contribution in [2.75, 3.05) is 0 Å². The van der Waals surface area contributed by atoms with Gasteiger partial charge in [-0.1, -0.05) is 6.55 Å². The summed E-state index contributed by atoms with van der Waals surface area (Å²) in [7, 11) is 0. The van der Waals surface area contributed by atoms with Gasteiger partial charge in [-0.3, -0.25) is 14.9 Å². The normalized spacial score (nSPS) is 21.4. The molecule has 2 amide bonds. The second-order valence-electron chi connectivity index (χ2n) is 1.58. The standard InChI is InChI=1S/C5H5NO2.I2/c1-3-2-4(7)6-5(3)8;1-2/h1-2H2,(H,6,7,8);/i1T;. The Balaban J connectivity index is 0.000000461. The van der Waals surface area contributed by atoms with Gasteiger partial charge in [-0.15, -0.1) is 0 Å². The largest absolute Gasteiger partial charge is 0.292 e. The van der Waals surface area contributed by atoms with Gasteiger partial charge in [0.2, 0.25) is 5.91 Å². The number of carbonyl (C=O) groups is 2. The van der Waals surface area contributed by atoms with Crippen LogP contribution in [0.15, 0.2) is 12.1 Å². The van der Waals surface area contributed by atoms with Gasteiger partial charge in [0, 0.05) is 42.8 Å². The third-order valence-corrected chi connectivity index (χ3v) is 0.896. The van der Waals surface area contributed by atoms with E-state index in [1.54, 1.807) is 0 Å². The minimum atomic E-state index is -0.435. The maximum absolute atomic E-state index is 10.5. The number of nitrogens with one attached hydrogen (secondary N) is 1. The first-order valence-corrected chi connectivity index (χ1v) is 8.58. The van der Waals surface area contributed by atoms with Crippen LogP contribution in [0.25, 0.3) is 0 Å². The highest BCUT2D eigenvalue weighted by Crippen LogP contribution is 2.03. The predicted octanol–water partition coefficient (Wildman–Crippen LogP) is 1.36. The smallest absolute Gasteiger partial charge is 0.253 e. The second kappa shape index (κ2) is 5.05. The maximum atomic E-state index is 10.5. The van der Waals surface area contributed by atoms with Gasteiger partial charge in [-0.2, -0.15) is 0 Å². The maximum Gasteiger partial charge on any atom is 0.253 e. The summed E-state index contributed by atoms with van der Waals surface area (Å²) in [6, 6.07) is 0. The third kappa shape index (κ3) is 2.95. The molecule has 0 spiro atoms. The molecule has 1 aliphatic rings. The zero-order valence-electron chi connectivity index (χ0n) is 5.86. The number of hydrogen-bond acceptors (Lipinski definition) is 2. The van der Waals surface area contributed by atoms with E-state index in [4.69, 9.17) is 1.37 Å². The molecule has 10 heavy (non-hydrogen) atoms. The predicted molar refractivity (Wildman–Crippen MR) is 54.9 cm³/mol. The molecule has 1 rings (SSSR count). The number of hydrogen-bond donors (Lipinski definition) is 1. The lowest BCUT2D eigenvalue weighted by molar-refractivity contribution is -0.124. The molecule has 0 atom stereocenters. The zero-order valence-corrected chi connectivity index (χ0v) is 9.17. The lowest BCUT2D eigenvalue weighted by Gasteiger charge is -1.80. The van der Waals surface area contributed by atoms with E-state index in [2.05, 4.69) is 42.5 Å². The van der Waals surface area contributed by atoms with Gasteiger partial charge in [0.25, 0.3) is 5.91 Å². The highest BCUT2D eigenvalue weighted by atomic mass is 128. The van der Waals surface area contributed by atoms with Crippen molar-refractivity contribution in [3.8, 4) is 0 Å². The molecule has 56 valence electrons. The van der Waals surface area contributed by atoms with Crippen LogP contribution in [0.2, 0.25) is 0 Å². The molecule has 0 aromatic carbocycles. The molecule has 0 radical (unpaired) electrons. The molecule has 1 saturated heterocycles. The molecule has 0 aromatic rings. The molecule has 5 heteroatoms. The SMILES string of the molecule is II.[3H]C=C1CC(=O)NC1=O. The van der Waals surface area contributed by atoms with Crippen LogP contribution in [0, 0.1) is 0 Å². The highest BCUT2D eigenvalue weighted by Gasteiger charge is 2.20. The van der Waals surface area contributed by atoms with Crippen LogP contribution in [0.4, 0.5) is 0 Å². The first-order chi connectivity index (χ1) is 5.24. The molecule has 0 unspecified atom stereocenters. The summed E-state index contributed by atoms with van der Waals surface area (Å²) in [5, 5.41) is 2.05. The molecular formula is C5H5I2NO2. The van der Waals surface area contributed by atoms with Crippen LogP contribution >= 0.6 is 37.2 Å². The van der Waals surface area contributed by atoms with Gasteiger partial charge in [-0.05, 0) is 0 Å². The van der Waals surface area contributed by atoms with Crippen LogP contribution in [0.3, 0.4) is 0 Å². The number of amides is 2. The molecule has 3 nitrogen and oxygen atoms in total. The Morgan fingerprint density at radius 2 is 2.20 bits per heavy atom. The Bertz CT molecular complexity index is 205. The van der Waals surface area contributed by atoms with Crippen molar-refractivity contribution in [3.63, 3.8) is 0 Å². The molecule has 1 N–H and O–H groups in total. The summed E-state index contributed by atoms with van der Waals surface area (Å²) in [6.07, 6.45) is 0.0579. The molecule has 1 heterocycles. The van der Waals surface area contributed by atoms with E-state index in [1.807, 2.05) is 0 Å². The molecular weight excluding hydrogens is 360 g/mol. The van der Waals surface area contributed by atoms with E-state index in [1.165, 1.54) is 0 Å². The fraction of sp³-hybridized carbons (Fsp3) is 0.200. The van der Waals surface area contributed by atoms with Crippen molar-refractivity contribution in [1.29, 1.82) is 0 Å². The van der Waals surface area contributed by atoms with Gasteiger partial charge in [0.05, 0.1) is 7.79 Å². The van der Waals surface area contributed by atoms with Crippen molar-refractivity contribution in [2.45, 2.75) is 6.42 Å². The van der Waals surface area contributed by atoms with Crippen LogP contribution in [-0.2, 0) is 9.59 Å². The van der Waals surface area contributed by atoms with E-state index in [0.29, 0.717) is 0 Å².